The average Bonchev–Trinajstić information content (AvgIpc) is 2.78. The minimum absolute atomic E-state index is 0.324. The highest BCUT2D eigenvalue weighted by Crippen LogP contribution is 2.32. The minimum Gasteiger partial charge on any atom is -0.458 e. The van der Waals surface area contributed by atoms with Crippen molar-refractivity contribution in [3.8, 4) is 0 Å². The van der Waals surface area contributed by atoms with Crippen LogP contribution >= 0.6 is 15.9 Å². The second kappa shape index (κ2) is 6.58. The van der Waals surface area contributed by atoms with Crippen LogP contribution in [-0.4, -0.2) is 6.54 Å². The van der Waals surface area contributed by atoms with E-state index in [-0.39, 0.29) is 0 Å². The molecule has 2 rings (SSSR count). The van der Waals surface area contributed by atoms with E-state index < -0.39 is 0 Å². The summed E-state index contributed by atoms with van der Waals surface area (Å²) in [7, 11) is 0. The molecule has 0 fully saturated rings. The summed E-state index contributed by atoms with van der Waals surface area (Å²) < 4.78 is 7.10. The van der Waals surface area contributed by atoms with E-state index in [1.165, 1.54) is 10.9 Å². The molecule has 1 heterocycles. The number of halogens is 1. The Morgan fingerprint density at radius 2 is 2.00 bits per heavy atom. The van der Waals surface area contributed by atoms with E-state index in [0.29, 0.717) is 6.04 Å². The summed E-state index contributed by atoms with van der Waals surface area (Å²) in [5, 5.41) is 4.75. The monoisotopic (exact) mass is 323 g/mol. The molecule has 0 saturated heterocycles. The maximum absolute atomic E-state index is 6.06. The highest BCUT2D eigenvalue weighted by molar-refractivity contribution is 9.10. The van der Waals surface area contributed by atoms with Crippen LogP contribution in [0.3, 0.4) is 0 Å². The molecule has 0 amide bonds. The smallest absolute Gasteiger partial charge is 0.148 e. The normalized spacial score (nSPS) is 13.1. The Labute approximate surface area is 123 Å². The molecule has 0 spiro atoms. The fraction of sp³-hybridized carbons (Fsp3) is 0.500. The van der Waals surface area contributed by atoms with Crippen LogP contribution in [0.4, 0.5) is 0 Å². The summed E-state index contributed by atoms with van der Waals surface area (Å²) >= 11 is 3.59. The van der Waals surface area contributed by atoms with Crippen LogP contribution in [0.5, 0.6) is 0 Å². The van der Waals surface area contributed by atoms with E-state index >= 15 is 0 Å². The molecule has 2 aromatic rings. The van der Waals surface area contributed by atoms with Gasteiger partial charge in [0, 0.05) is 5.39 Å². The van der Waals surface area contributed by atoms with Gasteiger partial charge in [0.2, 0.25) is 0 Å². The van der Waals surface area contributed by atoms with Gasteiger partial charge in [0.25, 0.3) is 0 Å². The predicted molar refractivity (Wildman–Crippen MR) is 84.6 cm³/mol. The van der Waals surface area contributed by atoms with Gasteiger partial charge in [-0.1, -0.05) is 20.3 Å². The summed E-state index contributed by atoms with van der Waals surface area (Å²) in [5.74, 6) is 1.05. The maximum atomic E-state index is 6.06. The second-order valence-electron chi connectivity index (χ2n) is 5.11. The molecule has 0 saturated carbocycles. The van der Waals surface area contributed by atoms with Crippen molar-refractivity contribution in [2.45, 2.75) is 46.1 Å². The van der Waals surface area contributed by atoms with Crippen molar-refractivity contribution in [3.05, 3.63) is 34.0 Å². The quantitative estimate of drug-likeness (QED) is 0.775. The molecular weight excluding hydrogens is 302 g/mol. The topological polar surface area (TPSA) is 25.2 Å². The molecule has 3 heteroatoms. The lowest BCUT2D eigenvalue weighted by Gasteiger charge is -2.14. The van der Waals surface area contributed by atoms with Crippen molar-refractivity contribution in [2.75, 3.05) is 6.54 Å². The van der Waals surface area contributed by atoms with Crippen LogP contribution in [0, 0.1) is 6.92 Å². The third-order valence-corrected chi connectivity index (χ3v) is 3.88. The Hall–Kier alpha value is -0.800. The molecule has 1 aromatic carbocycles. The summed E-state index contributed by atoms with van der Waals surface area (Å²) in [5.41, 5.74) is 2.21. The van der Waals surface area contributed by atoms with E-state index in [2.05, 4.69) is 60.2 Å². The van der Waals surface area contributed by atoms with Gasteiger partial charge in [0.05, 0.1) is 10.5 Å². The van der Waals surface area contributed by atoms with Gasteiger partial charge in [0.1, 0.15) is 11.3 Å². The van der Waals surface area contributed by atoms with Gasteiger partial charge in [-0.05, 0) is 66.0 Å². The van der Waals surface area contributed by atoms with Gasteiger partial charge in [0.15, 0.2) is 0 Å². The Balaban J connectivity index is 2.34. The molecule has 0 bridgehead atoms. The predicted octanol–water partition coefficient (Wildman–Crippen LogP) is 5.34. The first-order valence-electron chi connectivity index (χ1n) is 7.08. The van der Waals surface area contributed by atoms with Gasteiger partial charge in [-0.15, -0.1) is 0 Å². The first-order valence-corrected chi connectivity index (χ1v) is 7.88. The van der Waals surface area contributed by atoms with E-state index in [1.54, 1.807) is 0 Å². The van der Waals surface area contributed by atoms with Gasteiger partial charge in [-0.2, -0.15) is 0 Å². The number of fused-ring (bicyclic) bond motifs is 1. The van der Waals surface area contributed by atoms with E-state index in [0.717, 1.165) is 41.6 Å². The van der Waals surface area contributed by atoms with Crippen LogP contribution in [0.2, 0.25) is 0 Å². The number of rotatable bonds is 6. The molecule has 1 aromatic heterocycles. The van der Waals surface area contributed by atoms with Crippen LogP contribution in [-0.2, 0) is 0 Å². The second-order valence-corrected chi connectivity index (χ2v) is 5.96. The molecule has 104 valence electrons. The lowest BCUT2D eigenvalue weighted by molar-refractivity contribution is 0.407. The lowest BCUT2D eigenvalue weighted by atomic mass is 10.1. The molecule has 0 aliphatic carbocycles. The van der Waals surface area contributed by atoms with Crippen LogP contribution in [0.15, 0.2) is 27.1 Å². The van der Waals surface area contributed by atoms with E-state index in [4.69, 9.17) is 4.42 Å². The molecule has 0 radical (unpaired) electrons. The Morgan fingerprint density at radius 3 is 2.68 bits per heavy atom. The summed E-state index contributed by atoms with van der Waals surface area (Å²) in [6, 6.07) is 6.78. The van der Waals surface area contributed by atoms with Crippen LogP contribution in [0.25, 0.3) is 11.0 Å². The van der Waals surface area contributed by atoms with Gasteiger partial charge >= 0.3 is 0 Å². The highest BCUT2D eigenvalue weighted by Gasteiger charge is 2.16. The minimum atomic E-state index is 0.324. The van der Waals surface area contributed by atoms with Crippen molar-refractivity contribution >= 4 is 26.9 Å². The molecular formula is C16H22BrNO. The zero-order valence-corrected chi connectivity index (χ0v) is 13.5. The number of aryl methyl sites for hydroxylation is 1. The maximum Gasteiger partial charge on any atom is 0.148 e. The van der Waals surface area contributed by atoms with Crippen molar-refractivity contribution in [3.63, 3.8) is 0 Å². The number of furan rings is 1. The molecule has 0 aliphatic heterocycles. The van der Waals surface area contributed by atoms with Gasteiger partial charge in [-0.25, -0.2) is 0 Å². The molecule has 19 heavy (non-hydrogen) atoms. The molecule has 1 unspecified atom stereocenters. The van der Waals surface area contributed by atoms with E-state index in [9.17, 15) is 0 Å². The first-order chi connectivity index (χ1) is 9.15. The third kappa shape index (κ3) is 3.40. The SMILES string of the molecule is CCCNC(CCC)c1cc2cc(C)cc(Br)c2o1. The fourth-order valence-electron chi connectivity index (χ4n) is 2.40. The lowest BCUT2D eigenvalue weighted by Crippen LogP contribution is -2.21. The van der Waals surface area contributed by atoms with Crippen molar-refractivity contribution in [1.29, 1.82) is 0 Å². The van der Waals surface area contributed by atoms with Gasteiger partial charge < -0.3 is 9.73 Å². The number of benzene rings is 1. The number of nitrogens with one attached hydrogen (secondary N) is 1. The van der Waals surface area contributed by atoms with Crippen LogP contribution < -0.4 is 5.32 Å². The van der Waals surface area contributed by atoms with Crippen molar-refractivity contribution in [2.24, 2.45) is 0 Å². The standard InChI is InChI=1S/C16H22BrNO/c1-4-6-14(18-7-5-2)15-10-12-8-11(3)9-13(17)16(12)19-15/h8-10,14,18H,4-7H2,1-3H3. The Morgan fingerprint density at radius 1 is 1.21 bits per heavy atom. The van der Waals surface area contributed by atoms with Crippen molar-refractivity contribution < 1.29 is 4.42 Å². The molecule has 2 nitrogen and oxygen atoms in total. The Kier molecular flexibility index (Phi) is 5.06. The molecule has 1 atom stereocenters. The number of hydrogen-bond acceptors (Lipinski definition) is 2. The Bertz CT molecular complexity index is 547. The average molecular weight is 324 g/mol. The summed E-state index contributed by atoms with van der Waals surface area (Å²) in [4.78, 5) is 0. The van der Waals surface area contributed by atoms with Crippen LogP contribution in [0.1, 0.15) is 50.5 Å². The molecule has 1 N–H and O–H groups in total. The van der Waals surface area contributed by atoms with Gasteiger partial charge in [-0.3, -0.25) is 0 Å². The summed E-state index contributed by atoms with van der Waals surface area (Å²) in [6.45, 7) is 7.54. The molecule has 0 aliphatic rings. The largest absolute Gasteiger partial charge is 0.458 e. The van der Waals surface area contributed by atoms with Crippen molar-refractivity contribution in [1.82, 2.24) is 5.32 Å². The fourth-order valence-corrected chi connectivity index (χ4v) is 3.07. The zero-order chi connectivity index (χ0) is 13.8. The van der Waals surface area contributed by atoms with E-state index in [1.807, 2.05) is 0 Å². The zero-order valence-electron chi connectivity index (χ0n) is 11.9. The highest BCUT2D eigenvalue weighted by atomic mass is 79.9. The summed E-state index contributed by atoms with van der Waals surface area (Å²) in [6.07, 6.45) is 3.40. The number of hydrogen-bond donors (Lipinski definition) is 1. The third-order valence-electron chi connectivity index (χ3n) is 3.30. The first kappa shape index (κ1) is 14.6.